The van der Waals surface area contributed by atoms with E-state index in [1.54, 1.807) is 29.1 Å². The predicted octanol–water partition coefficient (Wildman–Crippen LogP) is 4.95. The second-order valence-corrected chi connectivity index (χ2v) is 6.82. The lowest BCUT2D eigenvalue weighted by atomic mass is 10.2. The zero-order valence-electron chi connectivity index (χ0n) is 13.5. The van der Waals surface area contributed by atoms with E-state index >= 15 is 0 Å². The van der Waals surface area contributed by atoms with Crippen LogP contribution in [-0.4, -0.2) is 14.9 Å². The van der Waals surface area contributed by atoms with Gasteiger partial charge < -0.3 is 10.6 Å². The molecule has 1 heterocycles. The lowest BCUT2D eigenvalue weighted by Gasteiger charge is -2.09. The first-order chi connectivity index (χ1) is 12.0. The molecule has 0 radical (unpaired) electrons. The Kier molecular flexibility index (Phi) is 5.45. The van der Waals surface area contributed by atoms with Gasteiger partial charge in [-0.15, -0.1) is 0 Å². The summed E-state index contributed by atoms with van der Waals surface area (Å²) < 4.78 is 16.2. The van der Waals surface area contributed by atoms with E-state index in [1.807, 2.05) is 31.2 Å². The van der Waals surface area contributed by atoms with Crippen LogP contribution in [0.25, 0.3) is 0 Å². The van der Waals surface area contributed by atoms with Crippen LogP contribution in [0.15, 0.2) is 59.2 Å². The first-order valence-electron chi connectivity index (χ1n) is 7.62. The van der Waals surface area contributed by atoms with Crippen LogP contribution in [0.4, 0.5) is 15.9 Å². The van der Waals surface area contributed by atoms with Crippen LogP contribution in [-0.2, 0) is 6.54 Å². The number of thiocarbonyl (C=S) groups is 1. The van der Waals surface area contributed by atoms with Crippen molar-refractivity contribution in [1.82, 2.24) is 9.78 Å². The molecule has 128 valence electrons. The molecular formula is C18H16BrFN4S. The van der Waals surface area contributed by atoms with E-state index in [0.717, 1.165) is 10.2 Å². The summed E-state index contributed by atoms with van der Waals surface area (Å²) in [6.07, 6.45) is 1.78. The average molecular weight is 419 g/mol. The SMILES string of the molecule is Cc1ccc(NC(=S)Nc2nn(Cc3ccccc3F)cc2Br)cc1. The van der Waals surface area contributed by atoms with E-state index in [0.29, 0.717) is 23.0 Å². The van der Waals surface area contributed by atoms with Crippen molar-refractivity contribution in [3.8, 4) is 0 Å². The van der Waals surface area contributed by atoms with Crippen LogP contribution in [0.1, 0.15) is 11.1 Å². The third-order valence-electron chi connectivity index (χ3n) is 3.55. The minimum atomic E-state index is -0.250. The highest BCUT2D eigenvalue weighted by atomic mass is 79.9. The molecule has 3 rings (SSSR count). The fraction of sp³-hybridized carbons (Fsp3) is 0.111. The molecule has 0 spiro atoms. The van der Waals surface area contributed by atoms with E-state index in [9.17, 15) is 4.39 Å². The van der Waals surface area contributed by atoms with Crippen molar-refractivity contribution in [3.63, 3.8) is 0 Å². The van der Waals surface area contributed by atoms with Gasteiger partial charge in [0.1, 0.15) is 5.82 Å². The molecule has 0 aliphatic rings. The smallest absolute Gasteiger partial charge is 0.176 e. The molecule has 2 aromatic carbocycles. The van der Waals surface area contributed by atoms with Crippen molar-refractivity contribution in [2.45, 2.75) is 13.5 Å². The average Bonchev–Trinajstić information content (AvgIpc) is 2.91. The van der Waals surface area contributed by atoms with E-state index in [2.05, 4.69) is 31.7 Å². The van der Waals surface area contributed by atoms with Gasteiger partial charge in [0, 0.05) is 17.4 Å². The maximum absolute atomic E-state index is 13.8. The zero-order chi connectivity index (χ0) is 17.8. The standard InChI is InChI=1S/C18H16BrFN4S/c1-12-6-8-14(9-7-12)21-18(25)22-17-15(19)11-24(23-17)10-13-4-2-3-5-16(13)20/h2-9,11H,10H2,1H3,(H2,21,22,23,25). The normalized spacial score (nSPS) is 10.5. The highest BCUT2D eigenvalue weighted by Crippen LogP contribution is 2.21. The molecule has 0 bridgehead atoms. The van der Waals surface area contributed by atoms with Gasteiger partial charge in [-0.05, 0) is 53.3 Å². The lowest BCUT2D eigenvalue weighted by Crippen LogP contribution is -2.19. The van der Waals surface area contributed by atoms with Crippen molar-refractivity contribution in [2.24, 2.45) is 0 Å². The van der Waals surface area contributed by atoms with Crippen LogP contribution in [0.2, 0.25) is 0 Å². The fourth-order valence-corrected chi connectivity index (χ4v) is 2.90. The summed E-state index contributed by atoms with van der Waals surface area (Å²) in [6.45, 7) is 2.37. The molecule has 0 saturated heterocycles. The summed E-state index contributed by atoms with van der Waals surface area (Å²) in [5.74, 6) is 0.321. The molecule has 0 unspecified atom stereocenters. The Bertz CT molecular complexity index is 892. The molecule has 0 aliphatic carbocycles. The zero-order valence-corrected chi connectivity index (χ0v) is 15.9. The number of halogens is 2. The molecule has 0 aliphatic heterocycles. The van der Waals surface area contributed by atoms with Crippen molar-refractivity contribution < 1.29 is 4.39 Å². The van der Waals surface area contributed by atoms with E-state index < -0.39 is 0 Å². The van der Waals surface area contributed by atoms with Crippen molar-refractivity contribution >= 4 is 44.8 Å². The van der Waals surface area contributed by atoms with Crippen molar-refractivity contribution in [1.29, 1.82) is 0 Å². The molecule has 25 heavy (non-hydrogen) atoms. The number of aromatic nitrogens is 2. The molecule has 0 amide bonds. The van der Waals surface area contributed by atoms with Gasteiger partial charge in [-0.2, -0.15) is 5.10 Å². The summed E-state index contributed by atoms with van der Waals surface area (Å²) >= 11 is 8.76. The first kappa shape index (κ1) is 17.6. The Morgan fingerprint density at radius 2 is 1.88 bits per heavy atom. The molecule has 1 aromatic heterocycles. The van der Waals surface area contributed by atoms with Crippen LogP contribution in [0, 0.1) is 12.7 Å². The number of benzene rings is 2. The number of hydrogen-bond acceptors (Lipinski definition) is 2. The van der Waals surface area contributed by atoms with Gasteiger partial charge in [0.25, 0.3) is 0 Å². The van der Waals surface area contributed by atoms with Gasteiger partial charge in [-0.25, -0.2) is 4.39 Å². The van der Waals surface area contributed by atoms with Crippen LogP contribution in [0.3, 0.4) is 0 Å². The van der Waals surface area contributed by atoms with E-state index in [-0.39, 0.29) is 5.82 Å². The Balaban J connectivity index is 1.67. The van der Waals surface area contributed by atoms with E-state index in [4.69, 9.17) is 12.2 Å². The minimum Gasteiger partial charge on any atom is -0.332 e. The van der Waals surface area contributed by atoms with Crippen LogP contribution >= 0.6 is 28.1 Å². The number of nitrogens with zero attached hydrogens (tertiary/aromatic N) is 2. The monoisotopic (exact) mass is 418 g/mol. The summed E-state index contributed by atoms with van der Waals surface area (Å²) in [7, 11) is 0. The first-order valence-corrected chi connectivity index (χ1v) is 8.82. The van der Waals surface area contributed by atoms with Gasteiger partial charge >= 0.3 is 0 Å². The molecule has 2 N–H and O–H groups in total. The summed E-state index contributed by atoms with van der Waals surface area (Å²) in [5, 5.41) is 11.0. The fourth-order valence-electron chi connectivity index (χ4n) is 2.27. The molecular weight excluding hydrogens is 403 g/mol. The van der Waals surface area contributed by atoms with E-state index in [1.165, 1.54) is 11.6 Å². The summed E-state index contributed by atoms with van der Waals surface area (Å²) in [6, 6.07) is 14.6. The molecule has 0 saturated carbocycles. The second kappa shape index (κ2) is 7.76. The molecule has 0 fully saturated rings. The van der Waals surface area contributed by atoms with Gasteiger partial charge in [-0.3, -0.25) is 4.68 Å². The van der Waals surface area contributed by atoms with Gasteiger partial charge in [0.05, 0.1) is 11.0 Å². The van der Waals surface area contributed by atoms with Gasteiger partial charge in [-0.1, -0.05) is 35.9 Å². The molecule has 4 nitrogen and oxygen atoms in total. The van der Waals surface area contributed by atoms with Crippen molar-refractivity contribution in [2.75, 3.05) is 10.6 Å². The molecule has 0 atom stereocenters. The largest absolute Gasteiger partial charge is 0.332 e. The number of nitrogens with one attached hydrogen (secondary N) is 2. The second-order valence-electron chi connectivity index (χ2n) is 5.56. The summed E-state index contributed by atoms with van der Waals surface area (Å²) in [4.78, 5) is 0. The number of hydrogen-bond donors (Lipinski definition) is 2. The minimum absolute atomic E-state index is 0.250. The predicted molar refractivity (Wildman–Crippen MR) is 106 cm³/mol. The number of anilines is 2. The topological polar surface area (TPSA) is 41.9 Å². The summed E-state index contributed by atoms with van der Waals surface area (Å²) in [5.41, 5.74) is 2.65. The van der Waals surface area contributed by atoms with Gasteiger partial charge in [0.2, 0.25) is 0 Å². The highest BCUT2D eigenvalue weighted by Gasteiger charge is 2.10. The maximum Gasteiger partial charge on any atom is 0.176 e. The maximum atomic E-state index is 13.8. The Hall–Kier alpha value is -2.25. The van der Waals surface area contributed by atoms with Crippen LogP contribution in [0.5, 0.6) is 0 Å². The third-order valence-corrected chi connectivity index (χ3v) is 4.33. The highest BCUT2D eigenvalue weighted by molar-refractivity contribution is 9.10. The Morgan fingerprint density at radius 3 is 2.60 bits per heavy atom. The Labute approximate surface area is 159 Å². The number of aryl methyl sites for hydroxylation is 1. The van der Waals surface area contributed by atoms with Crippen molar-refractivity contribution in [3.05, 3.63) is 76.1 Å². The lowest BCUT2D eigenvalue weighted by molar-refractivity contribution is 0.586. The number of rotatable bonds is 4. The van der Waals surface area contributed by atoms with Crippen LogP contribution < -0.4 is 10.6 Å². The quantitative estimate of drug-likeness (QED) is 0.588. The molecule has 7 heteroatoms. The third kappa shape index (κ3) is 4.64. The molecule has 3 aromatic rings. The Morgan fingerprint density at radius 1 is 1.16 bits per heavy atom. The van der Waals surface area contributed by atoms with Gasteiger partial charge in [0.15, 0.2) is 10.9 Å².